The Morgan fingerprint density at radius 1 is 1.22 bits per heavy atom. The van der Waals surface area contributed by atoms with Gasteiger partial charge in [-0.25, -0.2) is 0 Å². The molecule has 100 valence electrons. The number of aromatic nitrogens is 3. The van der Waals surface area contributed by atoms with E-state index in [9.17, 15) is 0 Å². The molecule has 1 aliphatic rings. The fraction of sp³-hybridized carbons (Fsp3) is 0.769. The van der Waals surface area contributed by atoms with Crippen molar-refractivity contribution in [3.05, 3.63) is 11.4 Å². The van der Waals surface area contributed by atoms with Crippen molar-refractivity contribution in [2.45, 2.75) is 46.1 Å². The van der Waals surface area contributed by atoms with Gasteiger partial charge in [0.1, 0.15) is 6.10 Å². The highest BCUT2D eigenvalue weighted by atomic mass is 16.5. The second-order valence-electron chi connectivity index (χ2n) is 4.82. The summed E-state index contributed by atoms with van der Waals surface area (Å²) in [6.07, 6.45) is 3.02. The lowest BCUT2D eigenvalue weighted by atomic mass is 9.97. The maximum absolute atomic E-state index is 5.86. The van der Waals surface area contributed by atoms with E-state index < -0.39 is 0 Å². The van der Waals surface area contributed by atoms with Crippen molar-refractivity contribution in [2.24, 2.45) is 5.92 Å². The van der Waals surface area contributed by atoms with Crippen molar-refractivity contribution in [2.75, 3.05) is 13.1 Å². The van der Waals surface area contributed by atoms with Gasteiger partial charge in [0.25, 0.3) is 0 Å². The third-order valence-electron chi connectivity index (χ3n) is 3.50. The standard InChI is InChI=1S/C13H22N4O/c1-4-10-11(5-2)16-17-13(15-10)18-12-8-14-7-6-9(12)3/h9,12,14H,4-8H2,1-3H3. The molecule has 2 heterocycles. The molecule has 1 aromatic rings. The van der Waals surface area contributed by atoms with E-state index in [1.165, 1.54) is 0 Å². The number of hydrogen-bond acceptors (Lipinski definition) is 5. The Hall–Kier alpha value is -1.23. The monoisotopic (exact) mass is 250 g/mol. The first-order valence-electron chi connectivity index (χ1n) is 6.84. The fourth-order valence-electron chi connectivity index (χ4n) is 2.23. The Labute approximate surface area is 108 Å². The molecule has 0 radical (unpaired) electrons. The average molecular weight is 250 g/mol. The Balaban J connectivity index is 2.08. The smallest absolute Gasteiger partial charge is 0.336 e. The molecule has 5 nitrogen and oxygen atoms in total. The minimum Gasteiger partial charge on any atom is -0.457 e. The molecule has 2 atom stereocenters. The van der Waals surface area contributed by atoms with Crippen molar-refractivity contribution in [1.29, 1.82) is 0 Å². The van der Waals surface area contributed by atoms with Crippen LogP contribution in [0.5, 0.6) is 6.01 Å². The van der Waals surface area contributed by atoms with E-state index in [2.05, 4.69) is 41.3 Å². The third kappa shape index (κ3) is 2.96. The summed E-state index contributed by atoms with van der Waals surface area (Å²) >= 11 is 0. The van der Waals surface area contributed by atoms with Crippen LogP contribution in [-0.2, 0) is 12.8 Å². The molecule has 1 aliphatic heterocycles. The van der Waals surface area contributed by atoms with E-state index in [0.29, 0.717) is 11.9 Å². The van der Waals surface area contributed by atoms with Crippen LogP contribution in [0.1, 0.15) is 38.6 Å². The molecule has 1 fully saturated rings. The highest BCUT2D eigenvalue weighted by Gasteiger charge is 2.23. The third-order valence-corrected chi connectivity index (χ3v) is 3.50. The molecule has 0 amide bonds. The SMILES string of the molecule is CCc1nnc(OC2CNCCC2C)nc1CC. The quantitative estimate of drug-likeness (QED) is 0.874. The largest absolute Gasteiger partial charge is 0.457 e. The van der Waals surface area contributed by atoms with E-state index >= 15 is 0 Å². The summed E-state index contributed by atoms with van der Waals surface area (Å²) in [4.78, 5) is 4.47. The lowest BCUT2D eigenvalue weighted by Gasteiger charge is -2.28. The second kappa shape index (κ2) is 6.09. The molecule has 1 aromatic heterocycles. The molecule has 18 heavy (non-hydrogen) atoms. The van der Waals surface area contributed by atoms with Crippen LogP contribution in [0.25, 0.3) is 0 Å². The summed E-state index contributed by atoms with van der Waals surface area (Å²) in [7, 11) is 0. The summed E-state index contributed by atoms with van der Waals surface area (Å²) in [6, 6.07) is 0.421. The Bertz CT molecular complexity index is 397. The molecule has 1 N–H and O–H groups in total. The molecule has 0 spiro atoms. The highest BCUT2D eigenvalue weighted by molar-refractivity contribution is 5.12. The van der Waals surface area contributed by atoms with Gasteiger partial charge >= 0.3 is 6.01 Å². The maximum atomic E-state index is 5.86. The molecule has 5 heteroatoms. The summed E-state index contributed by atoms with van der Waals surface area (Å²) < 4.78 is 5.86. The molecular formula is C13H22N4O. The van der Waals surface area contributed by atoms with Gasteiger partial charge in [-0.05, 0) is 31.7 Å². The van der Waals surface area contributed by atoms with Gasteiger partial charge in [0.2, 0.25) is 0 Å². The number of nitrogens with one attached hydrogen (secondary N) is 1. The average Bonchev–Trinajstić information content (AvgIpc) is 2.41. The van der Waals surface area contributed by atoms with Gasteiger partial charge in [-0.2, -0.15) is 4.98 Å². The van der Waals surface area contributed by atoms with Gasteiger partial charge in [-0.1, -0.05) is 25.9 Å². The van der Waals surface area contributed by atoms with Crippen molar-refractivity contribution in [1.82, 2.24) is 20.5 Å². The zero-order valence-electron chi connectivity index (χ0n) is 11.4. The number of hydrogen-bond donors (Lipinski definition) is 1. The highest BCUT2D eigenvalue weighted by Crippen LogP contribution is 2.17. The molecule has 0 aromatic carbocycles. The first-order chi connectivity index (χ1) is 8.74. The van der Waals surface area contributed by atoms with E-state index in [0.717, 1.165) is 43.7 Å². The molecule has 0 bridgehead atoms. The van der Waals surface area contributed by atoms with Crippen molar-refractivity contribution >= 4 is 0 Å². The first-order valence-corrected chi connectivity index (χ1v) is 6.84. The van der Waals surface area contributed by atoms with Gasteiger partial charge in [0.05, 0.1) is 11.4 Å². The van der Waals surface area contributed by atoms with Gasteiger partial charge in [-0.15, -0.1) is 5.10 Å². The van der Waals surface area contributed by atoms with Crippen LogP contribution in [0, 0.1) is 5.92 Å². The number of ether oxygens (including phenoxy) is 1. The summed E-state index contributed by atoms with van der Waals surface area (Å²) in [5, 5.41) is 11.6. The van der Waals surface area contributed by atoms with Crippen molar-refractivity contribution < 1.29 is 4.74 Å². The zero-order valence-corrected chi connectivity index (χ0v) is 11.4. The second-order valence-corrected chi connectivity index (χ2v) is 4.82. The Morgan fingerprint density at radius 2 is 2.00 bits per heavy atom. The van der Waals surface area contributed by atoms with Crippen LogP contribution >= 0.6 is 0 Å². The van der Waals surface area contributed by atoms with E-state index in [1.54, 1.807) is 0 Å². The van der Waals surface area contributed by atoms with Crippen LogP contribution in [-0.4, -0.2) is 34.4 Å². The lowest BCUT2D eigenvalue weighted by Crippen LogP contribution is -2.43. The van der Waals surface area contributed by atoms with Gasteiger partial charge in [0.15, 0.2) is 0 Å². The van der Waals surface area contributed by atoms with Gasteiger partial charge < -0.3 is 10.1 Å². The Kier molecular flexibility index (Phi) is 4.47. The number of rotatable bonds is 4. The van der Waals surface area contributed by atoms with Crippen LogP contribution in [0.15, 0.2) is 0 Å². The summed E-state index contributed by atoms with van der Waals surface area (Å²) in [5.74, 6) is 0.533. The first kappa shape index (κ1) is 13.2. The number of aryl methyl sites for hydroxylation is 2. The molecule has 0 aliphatic carbocycles. The molecular weight excluding hydrogens is 228 g/mol. The minimum atomic E-state index is 0.151. The molecule has 1 saturated heterocycles. The van der Waals surface area contributed by atoms with E-state index in [-0.39, 0.29) is 6.10 Å². The normalized spacial score (nSPS) is 23.9. The van der Waals surface area contributed by atoms with Gasteiger partial charge in [-0.3, -0.25) is 0 Å². The molecule has 2 unspecified atom stereocenters. The summed E-state index contributed by atoms with van der Waals surface area (Å²) in [6.45, 7) is 8.28. The minimum absolute atomic E-state index is 0.151. The molecule has 0 saturated carbocycles. The topological polar surface area (TPSA) is 59.9 Å². The molecule has 2 rings (SSSR count). The van der Waals surface area contributed by atoms with Crippen LogP contribution in [0.2, 0.25) is 0 Å². The van der Waals surface area contributed by atoms with Crippen LogP contribution < -0.4 is 10.1 Å². The van der Waals surface area contributed by atoms with E-state index in [4.69, 9.17) is 4.74 Å². The summed E-state index contributed by atoms with van der Waals surface area (Å²) in [5.41, 5.74) is 1.97. The van der Waals surface area contributed by atoms with Crippen LogP contribution in [0.4, 0.5) is 0 Å². The predicted molar refractivity (Wildman–Crippen MR) is 69.6 cm³/mol. The Morgan fingerprint density at radius 3 is 2.67 bits per heavy atom. The number of nitrogens with zero attached hydrogens (tertiary/aromatic N) is 3. The van der Waals surface area contributed by atoms with E-state index in [1.807, 2.05) is 0 Å². The zero-order chi connectivity index (χ0) is 13.0. The maximum Gasteiger partial charge on any atom is 0.336 e. The predicted octanol–water partition coefficient (Wildman–Crippen LogP) is 1.37. The number of piperidine rings is 1. The van der Waals surface area contributed by atoms with Gasteiger partial charge in [0, 0.05) is 6.54 Å². The van der Waals surface area contributed by atoms with Crippen molar-refractivity contribution in [3.8, 4) is 6.01 Å². The van der Waals surface area contributed by atoms with Crippen LogP contribution in [0.3, 0.4) is 0 Å². The van der Waals surface area contributed by atoms with Crippen molar-refractivity contribution in [3.63, 3.8) is 0 Å². The fourth-order valence-corrected chi connectivity index (χ4v) is 2.23. The lowest BCUT2D eigenvalue weighted by molar-refractivity contribution is 0.102.